The largest absolute Gasteiger partial charge is 0.376 e. The van der Waals surface area contributed by atoms with Crippen molar-refractivity contribution in [2.45, 2.75) is 0 Å². The van der Waals surface area contributed by atoms with Gasteiger partial charge in [0, 0.05) is 16.9 Å². The fourth-order valence-corrected chi connectivity index (χ4v) is 5.75. The number of anilines is 2. The van der Waals surface area contributed by atoms with Crippen LogP contribution in [-0.4, -0.2) is 6.85 Å². The maximum atomic E-state index is 2.50. The van der Waals surface area contributed by atoms with Crippen molar-refractivity contribution in [3.05, 3.63) is 158 Å². The first kappa shape index (κ1) is 22.4. The minimum absolute atomic E-state index is 0.0922. The molecule has 7 rings (SSSR count). The van der Waals surface area contributed by atoms with Crippen molar-refractivity contribution in [1.29, 1.82) is 0 Å². The van der Waals surface area contributed by atoms with E-state index >= 15 is 0 Å². The fourth-order valence-electron chi connectivity index (χ4n) is 5.75. The zero-order chi connectivity index (χ0) is 25.3. The zero-order valence-electron chi connectivity index (χ0n) is 21.0. The Morgan fingerprint density at radius 2 is 0.947 bits per heavy atom. The lowest BCUT2D eigenvalue weighted by Gasteiger charge is -2.39. The molecule has 0 saturated heterocycles. The van der Waals surface area contributed by atoms with Crippen LogP contribution in [0.1, 0.15) is 0 Å². The first-order valence-corrected chi connectivity index (χ1v) is 13.2. The van der Waals surface area contributed by atoms with Gasteiger partial charge in [0.15, 0.2) is 0 Å². The quantitative estimate of drug-likeness (QED) is 0.230. The molecular formula is C36H26BN. The van der Waals surface area contributed by atoms with Gasteiger partial charge in [0.2, 0.25) is 0 Å². The Balaban J connectivity index is 1.33. The van der Waals surface area contributed by atoms with E-state index in [4.69, 9.17) is 0 Å². The molecule has 0 fully saturated rings. The van der Waals surface area contributed by atoms with E-state index in [9.17, 15) is 0 Å². The number of rotatable bonds is 4. The van der Waals surface area contributed by atoms with Crippen molar-refractivity contribution in [2.24, 2.45) is 0 Å². The Kier molecular flexibility index (Phi) is 5.64. The van der Waals surface area contributed by atoms with E-state index in [0.717, 1.165) is 0 Å². The monoisotopic (exact) mass is 483 g/mol. The second-order valence-corrected chi connectivity index (χ2v) is 9.78. The third-order valence-corrected chi connectivity index (χ3v) is 7.53. The van der Waals surface area contributed by atoms with Crippen LogP contribution in [0.25, 0.3) is 33.4 Å². The highest BCUT2D eigenvalue weighted by atomic mass is 15.1. The lowest BCUT2D eigenvalue weighted by molar-refractivity contribution is 1.36. The SMILES string of the molecule is c1ccc(B2c3ccccc3-c3ccccc3N2c2ccc(-c3cccc(-c4ccccc4)c3)cc2)cc1. The van der Waals surface area contributed by atoms with Gasteiger partial charge < -0.3 is 4.81 Å². The second-order valence-electron chi connectivity index (χ2n) is 9.78. The van der Waals surface area contributed by atoms with Crippen LogP contribution in [0.5, 0.6) is 0 Å². The van der Waals surface area contributed by atoms with Crippen LogP contribution in [0.2, 0.25) is 0 Å². The van der Waals surface area contributed by atoms with Crippen molar-refractivity contribution in [3.63, 3.8) is 0 Å². The maximum absolute atomic E-state index is 2.50. The molecule has 0 radical (unpaired) electrons. The minimum Gasteiger partial charge on any atom is -0.376 e. The fraction of sp³-hybridized carbons (Fsp3) is 0. The summed E-state index contributed by atoms with van der Waals surface area (Å²) in [4.78, 5) is 2.50. The number of hydrogen-bond acceptors (Lipinski definition) is 1. The van der Waals surface area contributed by atoms with Crippen molar-refractivity contribution < 1.29 is 0 Å². The Bertz CT molecular complexity index is 1710. The third-order valence-electron chi connectivity index (χ3n) is 7.53. The zero-order valence-corrected chi connectivity index (χ0v) is 21.0. The molecule has 38 heavy (non-hydrogen) atoms. The Labute approximate surface area is 224 Å². The summed E-state index contributed by atoms with van der Waals surface area (Å²) in [5.41, 5.74) is 12.5. The van der Waals surface area contributed by atoms with E-state index in [2.05, 4.69) is 163 Å². The highest BCUT2D eigenvalue weighted by Crippen LogP contribution is 2.40. The molecule has 178 valence electrons. The highest BCUT2D eigenvalue weighted by Gasteiger charge is 2.36. The average Bonchev–Trinajstić information content (AvgIpc) is 3.01. The van der Waals surface area contributed by atoms with Crippen LogP contribution in [-0.2, 0) is 0 Å². The van der Waals surface area contributed by atoms with Crippen molar-refractivity contribution in [3.8, 4) is 33.4 Å². The molecular weight excluding hydrogens is 457 g/mol. The van der Waals surface area contributed by atoms with Gasteiger partial charge in [-0.1, -0.05) is 139 Å². The number of benzene rings is 6. The predicted octanol–water partition coefficient (Wildman–Crippen LogP) is 7.95. The van der Waals surface area contributed by atoms with Gasteiger partial charge in [-0.3, -0.25) is 0 Å². The van der Waals surface area contributed by atoms with Gasteiger partial charge in [0.1, 0.15) is 0 Å². The van der Waals surface area contributed by atoms with E-state index < -0.39 is 0 Å². The second kappa shape index (κ2) is 9.57. The number of para-hydroxylation sites is 1. The molecule has 0 unspecified atom stereocenters. The molecule has 0 bridgehead atoms. The van der Waals surface area contributed by atoms with Crippen LogP contribution in [0.15, 0.2) is 158 Å². The molecule has 0 aromatic heterocycles. The summed E-state index contributed by atoms with van der Waals surface area (Å²) in [5, 5.41) is 0. The van der Waals surface area contributed by atoms with Crippen LogP contribution in [0.4, 0.5) is 11.4 Å². The van der Waals surface area contributed by atoms with Crippen molar-refractivity contribution in [1.82, 2.24) is 0 Å². The summed E-state index contributed by atoms with van der Waals surface area (Å²) < 4.78 is 0. The first-order valence-electron chi connectivity index (χ1n) is 13.2. The highest BCUT2D eigenvalue weighted by molar-refractivity contribution is 6.90. The molecule has 1 nitrogen and oxygen atoms in total. The Morgan fingerprint density at radius 1 is 0.395 bits per heavy atom. The minimum atomic E-state index is 0.0922. The molecule has 1 aliphatic rings. The number of nitrogens with zero attached hydrogens (tertiary/aromatic N) is 1. The van der Waals surface area contributed by atoms with Crippen molar-refractivity contribution in [2.75, 3.05) is 4.81 Å². The molecule has 2 heteroatoms. The molecule has 6 aromatic carbocycles. The van der Waals surface area contributed by atoms with E-state index in [0.29, 0.717) is 0 Å². The van der Waals surface area contributed by atoms with Gasteiger partial charge in [-0.15, -0.1) is 0 Å². The maximum Gasteiger partial charge on any atom is 0.328 e. The van der Waals surface area contributed by atoms with Gasteiger partial charge in [-0.2, -0.15) is 0 Å². The molecule has 0 spiro atoms. The average molecular weight is 483 g/mol. The van der Waals surface area contributed by atoms with Crippen LogP contribution < -0.4 is 15.7 Å². The van der Waals surface area contributed by atoms with Gasteiger partial charge in [0.05, 0.1) is 0 Å². The lowest BCUT2D eigenvalue weighted by atomic mass is 9.46. The Morgan fingerprint density at radius 3 is 1.68 bits per heavy atom. The summed E-state index contributed by atoms with van der Waals surface area (Å²) in [6, 6.07) is 56.9. The van der Waals surface area contributed by atoms with E-state index in [1.54, 1.807) is 0 Å². The standard InChI is InChI=1S/C36H26BN/c1-3-12-27(13-4-1)29-14-11-15-30(26-29)28-22-24-32(25-23-28)38-36-21-10-8-19-34(36)33-18-7-9-20-35(33)37(38)31-16-5-2-6-17-31/h1-26H. The van der Waals surface area contributed by atoms with E-state index in [1.807, 2.05) is 0 Å². The molecule has 1 aliphatic heterocycles. The molecule has 0 aliphatic carbocycles. The Hall–Kier alpha value is -4.82. The van der Waals surface area contributed by atoms with Crippen LogP contribution in [0.3, 0.4) is 0 Å². The molecule has 0 saturated carbocycles. The first-order chi connectivity index (χ1) is 18.9. The van der Waals surface area contributed by atoms with E-state index in [1.165, 1.54) is 55.7 Å². The smallest absolute Gasteiger partial charge is 0.328 e. The van der Waals surface area contributed by atoms with Crippen molar-refractivity contribution >= 4 is 29.1 Å². The summed E-state index contributed by atoms with van der Waals surface area (Å²) in [6.07, 6.45) is 0. The molecule has 6 aromatic rings. The van der Waals surface area contributed by atoms with Crippen LogP contribution >= 0.6 is 0 Å². The summed E-state index contributed by atoms with van der Waals surface area (Å²) >= 11 is 0. The van der Waals surface area contributed by atoms with Gasteiger partial charge >= 0.3 is 6.85 Å². The lowest BCUT2D eigenvalue weighted by Crippen LogP contribution is -2.57. The summed E-state index contributed by atoms with van der Waals surface area (Å²) in [7, 11) is 0. The van der Waals surface area contributed by atoms with E-state index in [-0.39, 0.29) is 6.85 Å². The third kappa shape index (κ3) is 3.92. The van der Waals surface area contributed by atoms with Gasteiger partial charge in [0.25, 0.3) is 0 Å². The van der Waals surface area contributed by atoms with Crippen LogP contribution in [0, 0.1) is 0 Å². The molecule has 0 atom stereocenters. The molecule has 0 N–H and O–H groups in total. The summed E-state index contributed by atoms with van der Waals surface area (Å²) in [6.45, 7) is 0.0922. The van der Waals surface area contributed by atoms with Gasteiger partial charge in [-0.05, 0) is 57.5 Å². The normalized spacial score (nSPS) is 12.1. The molecule has 1 heterocycles. The number of fused-ring (bicyclic) bond motifs is 3. The summed E-state index contributed by atoms with van der Waals surface area (Å²) in [5.74, 6) is 0. The predicted molar refractivity (Wildman–Crippen MR) is 163 cm³/mol. The number of hydrogen-bond donors (Lipinski definition) is 0. The topological polar surface area (TPSA) is 3.24 Å². The van der Waals surface area contributed by atoms with Gasteiger partial charge in [-0.25, -0.2) is 0 Å². The molecule has 0 amide bonds.